The number of likely N-dealkylation sites (N-methyl/N-ethyl adjacent to an activating group) is 1. The third-order valence-electron chi connectivity index (χ3n) is 2.46. The van der Waals surface area contributed by atoms with Gasteiger partial charge in [0.15, 0.2) is 5.13 Å². The van der Waals surface area contributed by atoms with Gasteiger partial charge in [-0.25, -0.2) is 4.98 Å². The number of anilines is 1. The first kappa shape index (κ1) is 13.9. The lowest BCUT2D eigenvalue weighted by molar-refractivity contribution is -0.120. The van der Waals surface area contributed by atoms with Gasteiger partial charge in [0.05, 0.1) is 12.1 Å². The van der Waals surface area contributed by atoms with Crippen molar-refractivity contribution in [2.75, 3.05) is 12.4 Å². The third kappa shape index (κ3) is 3.29. The number of hydrogen-bond donors (Lipinski definition) is 3. The first-order valence-corrected chi connectivity index (χ1v) is 6.62. The number of carbonyl (C=O) groups excluding carboxylic acids is 2. The van der Waals surface area contributed by atoms with Gasteiger partial charge in [0.1, 0.15) is 5.56 Å². The normalized spacial score (nSPS) is 10.1. The van der Waals surface area contributed by atoms with Gasteiger partial charge < -0.3 is 10.3 Å². The van der Waals surface area contributed by atoms with E-state index < -0.39 is 11.5 Å². The number of nitrogens with one attached hydrogen (secondary N) is 3. The minimum Gasteiger partial charge on any atom is -0.359 e. The van der Waals surface area contributed by atoms with E-state index >= 15 is 0 Å². The van der Waals surface area contributed by atoms with E-state index in [1.165, 1.54) is 23.6 Å². The van der Waals surface area contributed by atoms with Crippen molar-refractivity contribution in [3.05, 3.63) is 45.3 Å². The molecular weight excluding hydrogens is 280 g/mol. The Morgan fingerprint density at radius 2 is 2.25 bits per heavy atom. The Morgan fingerprint density at radius 1 is 1.45 bits per heavy atom. The maximum atomic E-state index is 11.9. The van der Waals surface area contributed by atoms with Crippen molar-refractivity contribution < 1.29 is 9.59 Å². The molecule has 8 heteroatoms. The molecule has 104 valence electrons. The molecule has 0 bridgehead atoms. The molecule has 0 fully saturated rings. The van der Waals surface area contributed by atoms with Crippen LogP contribution in [0.3, 0.4) is 0 Å². The zero-order valence-electron chi connectivity index (χ0n) is 10.6. The number of pyridine rings is 1. The van der Waals surface area contributed by atoms with E-state index in [1.807, 2.05) is 0 Å². The van der Waals surface area contributed by atoms with Gasteiger partial charge in [-0.15, -0.1) is 11.3 Å². The molecule has 0 atom stereocenters. The summed E-state index contributed by atoms with van der Waals surface area (Å²) in [6.45, 7) is 0. The number of H-pyrrole nitrogens is 1. The Labute approximate surface area is 118 Å². The van der Waals surface area contributed by atoms with Crippen molar-refractivity contribution >= 4 is 28.3 Å². The largest absolute Gasteiger partial charge is 0.359 e. The number of aromatic nitrogens is 2. The summed E-state index contributed by atoms with van der Waals surface area (Å²) in [5, 5.41) is 7.04. The molecule has 0 radical (unpaired) electrons. The van der Waals surface area contributed by atoms with Crippen LogP contribution < -0.4 is 16.2 Å². The van der Waals surface area contributed by atoms with E-state index in [0.717, 1.165) is 0 Å². The standard InChI is InChI=1S/C12H12N4O3S/c1-13-9(17)5-7-6-20-12(15-7)16-11(19)8-3-2-4-14-10(8)18/h2-4,6H,5H2,1H3,(H,13,17)(H,14,18)(H,15,16,19). The Hall–Kier alpha value is -2.48. The minimum atomic E-state index is -0.535. The fourth-order valence-corrected chi connectivity index (χ4v) is 2.17. The van der Waals surface area contributed by atoms with Gasteiger partial charge in [-0.2, -0.15) is 0 Å². The zero-order valence-corrected chi connectivity index (χ0v) is 11.4. The lowest BCUT2D eigenvalue weighted by Crippen LogP contribution is -2.22. The van der Waals surface area contributed by atoms with Crippen molar-refractivity contribution in [3.63, 3.8) is 0 Å². The second-order valence-electron chi connectivity index (χ2n) is 3.86. The van der Waals surface area contributed by atoms with Crippen LogP contribution in [0, 0.1) is 0 Å². The highest BCUT2D eigenvalue weighted by Gasteiger charge is 2.12. The molecule has 2 heterocycles. The Bertz CT molecular complexity index is 692. The number of rotatable bonds is 4. The summed E-state index contributed by atoms with van der Waals surface area (Å²) in [5.74, 6) is -0.694. The van der Waals surface area contributed by atoms with E-state index in [9.17, 15) is 14.4 Å². The average Bonchev–Trinajstić information content (AvgIpc) is 2.86. The molecule has 2 rings (SSSR count). The first-order valence-electron chi connectivity index (χ1n) is 5.74. The summed E-state index contributed by atoms with van der Waals surface area (Å²) < 4.78 is 0. The van der Waals surface area contributed by atoms with Crippen LogP contribution in [-0.2, 0) is 11.2 Å². The highest BCUT2D eigenvalue weighted by atomic mass is 32.1. The molecule has 0 aliphatic rings. The van der Waals surface area contributed by atoms with E-state index in [1.54, 1.807) is 18.5 Å². The first-order chi connectivity index (χ1) is 9.60. The second kappa shape index (κ2) is 6.11. The van der Waals surface area contributed by atoms with Crippen LogP contribution in [-0.4, -0.2) is 28.8 Å². The molecule has 7 nitrogen and oxygen atoms in total. The zero-order chi connectivity index (χ0) is 14.5. The maximum Gasteiger partial charge on any atom is 0.263 e. The third-order valence-corrected chi connectivity index (χ3v) is 3.26. The average molecular weight is 292 g/mol. The summed E-state index contributed by atoms with van der Waals surface area (Å²) in [7, 11) is 1.54. The van der Waals surface area contributed by atoms with Crippen molar-refractivity contribution in [3.8, 4) is 0 Å². The van der Waals surface area contributed by atoms with E-state index in [-0.39, 0.29) is 17.9 Å². The smallest absolute Gasteiger partial charge is 0.263 e. The summed E-state index contributed by atoms with van der Waals surface area (Å²) in [5.41, 5.74) is 0.106. The van der Waals surface area contributed by atoms with Crippen molar-refractivity contribution in [2.45, 2.75) is 6.42 Å². The Morgan fingerprint density at radius 3 is 2.95 bits per heavy atom. The lowest BCUT2D eigenvalue weighted by atomic mass is 10.2. The van der Waals surface area contributed by atoms with Crippen LogP contribution in [0.15, 0.2) is 28.5 Å². The van der Waals surface area contributed by atoms with E-state index in [2.05, 4.69) is 20.6 Å². The highest BCUT2D eigenvalue weighted by molar-refractivity contribution is 7.14. The number of amides is 2. The molecule has 2 aromatic heterocycles. The molecule has 0 saturated heterocycles. The number of thiazole rings is 1. The van der Waals surface area contributed by atoms with Gasteiger partial charge in [0.2, 0.25) is 5.91 Å². The molecule has 0 aromatic carbocycles. The lowest BCUT2D eigenvalue weighted by Gasteiger charge is -2.00. The Kier molecular flexibility index (Phi) is 4.26. The molecule has 0 aliphatic carbocycles. The van der Waals surface area contributed by atoms with E-state index in [0.29, 0.717) is 10.8 Å². The van der Waals surface area contributed by atoms with Gasteiger partial charge in [0.25, 0.3) is 11.5 Å². The van der Waals surface area contributed by atoms with Crippen molar-refractivity contribution in [1.29, 1.82) is 0 Å². The molecule has 20 heavy (non-hydrogen) atoms. The van der Waals surface area contributed by atoms with Gasteiger partial charge in [-0.05, 0) is 12.1 Å². The number of aromatic amines is 1. The maximum absolute atomic E-state index is 11.9. The van der Waals surface area contributed by atoms with E-state index in [4.69, 9.17) is 0 Å². The molecular formula is C12H12N4O3S. The fraction of sp³-hybridized carbons (Fsp3) is 0.167. The van der Waals surface area contributed by atoms with Crippen LogP contribution in [0.2, 0.25) is 0 Å². The van der Waals surface area contributed by atoms with Gasteiger partial charge in [-0.1, -0.05) is 0 Å². The molecule has 3 N–H and O–H groups in total. The summed E-state index contributed by atoms with van der Waals surface area (Å²) >= 11 is 1.20. The van der Waals surface area contributed by atoms with Crippen molar-refractivity contribution in [1.82, 2.24) is 15.3 Å². The van der Waals surface area contributed by atoms with Crippen LogP contribution in [0.25, 0.3) is 0 Å². The summed E-state index contributed by atoms with van der Waals surface area (Å²) in [6, 6.07) is 2.99. The van der Waals surface area contributed by atoms with Crippen LogP contribution in [0.4, 0.5) is 5.13 Å². The predicted octanol–water partition coefficient (Wildman–Crippen LogP) is 0.372. The minimum absolute atomic E-state index is 0.00977. The number of hydrogen-bond acceptors (Lipinski definition) is 5. The quantitative estimate of drug-likeness (QED) is 0.757. The molecule has 0 saturated carbocycles. The summed E-state index contributed by atoms with van der Waals surface area (Å²) in [6.07, 6.45) is 1.60. The van der Waals surface area contributed by atoms with Gasteiger partial charge in [0, 0.05) is 18.6 Å². The molecule has 2 amide bonds. The van der Waals surface area contributed by atoms with Crippen molar-refractivity contribution in [2.24, 2.45) is 0 Å². The second-order valence-corrected chi connectivity index (χ2v) is 4.72. The van der Waals surface area contributed by atoms with Gasteiger partial charge >= 0.3 is 0 Å². The van der Waals surface area contributed by atoms with Crippen LogP contribution >= 0.6 is 11.3 Å². The van der Waals surface area contributed by atoms with Gasteiger partial charge in [-0.3, -0.25) is 19.7 Å². The molecule has 0 unspecified atom stereocenters. The van der Waals surface area contributed by atoms with Crippen LogP contribution in [0.1, 0.15) is 16.1 Å². The Balaban J connectivity index is 2.07. The molecule has 2 aromatic rings. The topological polar surface area (TPSA) is 104 Å². The monoisotopic (exact) mass is 292 g/mol. The molecule has 0 spiro atoms. The number of nitrogens with zero attached hydrogens (tertiary/aromatic N) is 1. The SMILES string of the molecule is CNC(=O)Cc1csc(NC(=O)c2ccc[nH]c2=O)n1. The fourth-order valence-electron chi connectivity index (χ4n) is 1.46. The highest BCUT2D eigenvalue weighted by Crippen LogP contribution is 2.16. The predicted molar refractivity (Wildman–Crippen MR) is 74.9 cm³/mol. The number of carbonyl (C=O) groups is 2. The van der Waals surface area contributed by atoms with Crippen LogP contribution in [0.5, 0.6) is 0 Å². The summed E-state index contributed by atoms with van der Waals surface area (Å²) in [4.78, 5) is 41.1. The molecule has 0 aliphatic heterocycles.